The summed E-state index contributed by atoms with van der Waals surface area (Å²) in [6, 6.07) is 0. The molecule has 96 valence electrons. The summed E-state index contributed by atoms with van der Waals surface area (Å²) in [4.78, 5) is 27.0. The van der Waals surface area contributed by atoms with E-state index in [1.54, 1.807) is 0 Å². The van der Waals surface area contributed by atoms with Crippen LogP contribution in [0.25, 0.3) is 0 Å². The van der Waals surface area contributed by atoms with Crippen LogP contribution in [0.15, 0.2) is 0 Å². The Morgan fingerprint density at radius 2 is 1.69 bits per heavy atom. The Morgan fingerprint density at radius 1 is 1.25 bits per heavy atom. The van der Waals surface area contributed by atoms with Gasteiger partial charge in [0.05, 0.1) is 12.5 Å². The van der Waals surface area contributed by atoms with Crippen molar-refractivity contribution in [1.82, 2.24) is 0 Å². The van der Waals surface area contributed by atoms with Gasteiger partial charge in [-0.15, -0.1) is 0 Å². The van der Waals surface area contributed by atoms with Crippen molar-refractivity contribution in [1.29, 1.82) is 0 Å². The van der Waals surface area contributed by atoms with Crippen LogP contribution in [0.2, 0.25) is 0 Å². The second-order valence-electron chi connectivity index (χ2n) is 3.44. The van der Waals surface area contributed by atoms with Crippen LogP contribution in [0.5, 0.6) is 0 Å². The minimum Gasteiger partial charge on any atom is -0.481 e. The monoisotopic (exact) mass is 240 g/mol. The second kappa shape index (κ2) is 7.99. The van der Waals surface area contributed by atoms with Gasteiger partial charge >= 0.3 is 11.9 Å². The van der Waals surface area contributed by atoms with Crippen molar-refractivity contribution in [3.05, 3.63) is 0 Å². The van der Waals surface area contributed by atoms with Crippen LogP contribution >= 0.6 is 0 Å². The Kier molecular flexibility index (Phi) is 8.58. The van der Waals surface area contributed by atoms with Crippen molar-refractivity contribution in [2.45, 2.75) is 26.4 Å². The highest BCUT2D eigenvalue weighted by Gasteiger charge is 2.27. The van der Waals surface area contributed by atoms with Gasteiger partial charge in [0.25, 0.3) is 0 Å². The van der Waals surface area contributed by atoms with Gasteiger partial charge in [0, 0.05) is 0 Å². The standard InChI is InChI=1S/2C4H8O4/c1-4(2,8-7)3(5)6;1-3(2-8-7)4(5)6/h7H,1-2H3,(H,5,6);3,7H,2H2,1H3,(H,5,6). The highest BCUT2D eigenvalue weighted by atomic mass is 17.1. The van der Waals surface area contributed by atoms with Crippen LogP contribution in [0.1, 0.15) is 20.8 Å². The predicted molar refractivity (Wildman–Crippen MR) is 50.8 cm³/mol. The lowest BCUT2D eigenvalue weighted by atomic mass is 10.1. The van der Waals surface area contributed by atoms with E-state index in [0.29, 0.717) is 0 Å². The van der Waals surface area contributed by atoms with E-state index in [2.05, 4.69) is 9.78 Å². The molecule has 8 nitrogen and oxygen atoms in total. The van der Waals surface area contributed by atoms with E-state index in [-0.39, 0.29) is 6.61 Å². The zero-order chi connectivity index (χ0) is 13.4. The van der Waals surface area contributed by atoms with Crippen LogP contribution in [-0.2, 0) is 19.4 Å². The molecule has 0 aliphatic rings. The van der Waals surface area contributed by atoms with Gasteiger partial charge < -0.3 is 10.2 Å². The molecule has 1 unspecified atom stereocenters. The van der Waals surface area contributed by atoms with E-state index in [1.807, 2.05) is 0 Å². The first-order valence-electron chi connectivity index (χ1n) is 4.24. The number of hydrogen-bond acceptors (Lipinski definition) is 6. The van der Waals surface area contributed by atoms with E-state index in [4.69, 9.17) is 20.7 Å². The Hall–Kier alpha value is -1.22. The largest absolute Gasteiger partial charge is 0.481 e. The summed E-state index contributed by atoms with van der Waals surface area (Å²) < 4.78 is 0. The van der Waals surface area contributed by atoms with Crippen LogP contribution in [0, 0.1) is 5.92 Å². The maximum atomic E-state index is 9.97. The molecule has 0 radical (unpaired) electrons. The highest BCUT2D eigenvalue weighted by molar-refractivity contribution is 5.76. The Labute approximate surface area is 91.9 Å². The van der Waals surface area contributed by atoms with Crippen molar-refractivity contribution in [3.63, 3.8) is 0 Å². The molecule has 0 aromatic heterocycles. The average Bonchev–Trinajstić information content (AvgIpc) is 2.18. The maximum Gasteiger partial charge on any atom is 0.338 e. The van der Waals surface area contributed by atoms with Crippen LogP contribution in [-0.4, -0.2) is 44.9 Å². The van der Waals surface area contributed by atoms with Crippen LogP contribution in [0.4, 0.5) is 0 Å². The normalized spacial score (nSPS) is 12.3. The SMILES string of the molecule is CC(C)(OO)C(=O)O.CC(COO)C(=O)O. The molecule has 0 saturated heterocycles. The molecule has 8 heteroatoms. The minimum atomic E-state index is -1.49. The van der Waals surface area contributed by atoms with Crippen molar-refractivity contribution in [2.24, 2.45) is 5.92 Å². The lowest BCUT2D eigenvalue weighted by molar-refractivity contribution is -0.306. The van der Waals surface area contributed by atoms with E-state index < -0.39 is 23.5 Å². The number of aliphatic carboxylic acids is 2. The fourth-order valence-corrected chi connectivity index (χ4v) is 0.222. The molecule has 0 aromatic rings. The third-order valence-corrected chi connectivity index (χ3v) is 1.49. The second-order valence-corrected chi connectivity index (χ2v) is 3.44. The molecule has 0 fully saturated rings. The minimum absolute atomic E-state index is 0.157. The third-order valence-electron chi connectivity index (χ3n) is 1.49. The summed E-state index contributed by atoms with van der Waals surface area (Å²) in [5.74, 6) is -2.81. The first-order valence-corrected chi connectivity index (χ1v) is 4.24. The molecule has 0 amide bonds. The fraction of sp³-hybridized carbons (Fsp3) is 0.750. The van der Waals surface area contributed by atoms with Gasteiger partial charge in [-0.3, -0.25) is 15.3 Å². The maximum absolute atomic E-state index is 9.97. The fourth-order valence-electron chi connectivity index (χ4n) is 0.222. The van der Waals surface area contributed by atoms with Crippen LogP contribution in [0.3, 0.4) is 0 Å². The summed E-state index contributed by atoms with van der Waals surface area (Å²) in [7, 11) is 0. The summed E-state index contributed by atoms with van der Waals surface area (Å²) in [5, 5.41) is 31.9. The molecule has 16 heavy (non-hydrogen) atoms. The van der Waals surface area contributed by atoms with Gasteiger partial charge in [-0.2, -0.15) is 0 Å². The first-order chi connectivity index (χ1) is 7.18. The molecule has 0 aliphatic heterocycles. The predicted octanol–water partition coefficient (Wildman–Crippen LogP) is 0.536. The molecule has 0 bridgehead atoms. The van der Waals surface area contributed by atoms with Crippen molar-refractivity contribution < 1.29 is 40.1 Å². The number of hydrogen-bond donors (Lipinski definition) is 4. The number of carbonyl (C=O) groups is 2. The van der Waals surface area contributed by atoms with Crippen LogP contribution < -0.4 is 0 Å². The summed E-state index contributed by atoms with van der Waals surface area (Å²) in [6.07, 6.45) is 0. The Morgan fingerprint density at radius 3 is 1.75 bits per heavy atom. The number of carboxylic acid groups (broad SMARTS) is 2. The molecule has 0 heterocycles. The Balaban J connectivity index is 0. The van der Waals surface area contributed by atoms with Gasteiger partial charge in [-0.05, 0) is 20.8 Å². The van der Waals surface area contributed by atoms with Crippen molar-refractivity contribution in [3.8, 4) is 0 Å². The van der Waals surface area contributed by atoms with E-state index in [9.17, 15) is 9.59 Å². The molecule has 0 rings (SSSR count). The first kappa shape index (κ1) is 17.2. The third kappa shape index (κ3) is 8.12. The molecular formula is C8H16O8. The highest BCUT2D eigenvalue weighted by Crippen LogP contribution is 2.05. The lowest BCUT2D eigenvalue weighted by Crippen LogP contribution is -2.33. The van der Waals surface area contributed by atoms with Crippen molar-refractivity contribution in [2.75, 3.05) is 6.61 Å². The van der Waals surface area contributed by atoms with E-state index in [1.165, 1.54) is 20.8 Å². The molecule has 4 N–H and O–H groups in total. The summed E-state index contributed by atoms with van der Waals surface area (Å²) in [5.41, 5.74) is -1.49. The van der Waals surface area contributed by atoms with E-state index in [0.717, 1.165) is 0 Å². The van der Waals surface area contributed by atoms with Crippen molar-refractivity contribution >= 4 is 11.9 Å². The summed E-state index contributed by atoms with van der Waals surface area (Å²) in [6.45, 7) is 3.78. The molecule has 0 aromatic carbocycles. The van der Waals surface area contributed by atoms with Gasteiger partial charge in [0.15, 0.2) is 5.60 Å². The molecule has 1 atom stereocenters. The molecular weight excluding hydrogens is 224 g/mol. The Bertz CT molecular complexity index is 224. The quantitative estimate of drug-likeness (QED) is 0.404. The average molecular weight is 240 g/mol. The number of rotatable bonds is 5. The van der Waals surface area contributed by atoms with Gasteiger partial charge in [0.2, 0.25) is 0 Å². The molecule has 0 spiro atoms. The lowest BCUT2D eigenvalue weighted by Gasteiger charge is -2.12. The zero-order valence-corrected chi connectivity index (χ0v) is 9.21. The number of carboxylic acids is 2. The smallest absolute Gasteiger partial charge is 0.338 e. The van der Waals surface area contributed by atoms with Gasteiger partial charge in [0.1, 0.15) is 0 Å². The zero-order valence-electron chi connectivity index (χ0n) is 9.21. The summed E-state index contributed by atoms with van der Waals surface area (Å²) >= 11 is 0. The molecule has 0 aliphatic carbocycles. The molecule has 0 saturated carbocycles. The topological polar surface area (TPSA) is 134 Å². The van der Waals surface area contributed by atoms with Gasteiger partial charge in [-0.25, -0.2) is 14.6 Å². The van der Waals surface area contributed by atoms with Gasteiger partial charge in [-0.1, -0.05) is 0 Å². The van der Waals surface area contributed by atoms with E-state index >= 15 is 0 Å².